The number of aliphatic carboxylic acids is 2. The average molecular weight is 573 g/mol. The van der Waals surface area contributed by atoms with E-state index in [0.29, 0.717) is 44.1 Å². The number of hydrogen-bond acceptors (Lipinski definition) is 5. The molecule has 4 atom stereocenters. The number of alkyl halides is 3. The second-order valence-corrected chi connectivity index (χ2v) is 10.3. The van der Waals surface area contributed by atoms with E-state index in [-0.39, 0.29) is 11.9 Å². The van der Waals surface area contributed by atoms with Crippen LogP contribution in [0.1, 0.15) is 75.7 Å². The lowest BCUT2D eigenvalue weighted by Crippen LogP contribution is -2.54. The van der Waals surface area contributed by atoms with Crippen molar-refractivity contribution in [2.45, 2.75) is 94.4 Å². The molecule has 1 aromatic carbocycles. The molecule has 2 fully saturated rings. The Kier molecular flexibility index (Phi) is 13.2. The molecule has 0 saturated heterocycles. The van der Waals surface area contributed by atoms with Crippen LogP contribution in [0.5, 0.6) is 0 Å². The van der Waals surface area contributed by atoms with Gasteiger partial charge in [0.25, 0.3) is 0 Å². The maximum absolute atomic E-state index is 13.1. The van der Waals surface area contributed by atoms with Crippen LogP contribution < -0.4 is 21.7 Å². The lowest BCUT2D eigenvalue weighted by atomic mass is 9.84. The Labute approximate surface area is 231 Å². The van der Waals surface area contributed by atoms with Gasteiger partial charge in [-0.25, -0.2) is 14.4 Å². The minimum absolute atomic E-state index is 0.0710. The highest BCUT2D eigenvalue weighted by Gasteiger charge is 2.41. The molecule has 0 bridgehead atoms. The maximum Gasteiger partial charge on any atom is 0.490 e. The molecule has 0 aromatic heterocycles. The second kappa shape index (κ2) is 16.0. The van der Waals surface area contributed by atoms with E-state index in [1.54, 1.807) is 0 Å². The highest BCUT2D eigenvalue weighted by molar-refractivity contribution is 5.89. The van der Waals surface area contributed by atoms with Gasteiger partial charge in [-0.05, 0) is 50.1 Å². The Morgan fingerprint density at radius 2 is 1.55 bits per heavy atom. The van der Waals surface area contributed by atoms with Crippen LogP contribution in [0.25, 0.3) is 0 Å². The summed E-state index contributed by atoms with van der Waals surface area (Å²) in [6.07, 6.45) is 3.61. The van der Waals surface area contributed by atoms with Gasteiger partial charge in [-0.2, -0.15) is 13.2 Å². The molecule has 0 radical (unpaired) electrons. The molecular formula is C27H39F3N4O6. The Hall–Kier alpha value is -3.35. The van der Waals surface area contributed by atoms with Crippen molar-refractivity contribution in [2.24, 2.45) is 11.7 Å². The summed E-state index contributed by atoms with van der Waals surface area (Å²) in [5, 5.41) is 25.0. The number of benzene rings is 1. The Morgan fingerprint density at radius 3 is 2.10 bits per heavy atom. The summed E-state index contributed by atoms with van der Waals surface area (Å²) >= 11 is 0. The first-order valence-corrected chi connectivity index (χ1v) is 13.6. The second-order valence-electron chi connectivity index (χ2n) is 10.3. The van der Waals surface area contributed by atoms with Gasteiger partial charge in [-0.3, -0.25) is 4.79 Å². The molecule has 0 spiro atoms. The number of carboxylic acid groups (broad SMARTS) is 2. The van der Waals surface area contributed by atoms with E-state index in [1.165, 1.54) is 12.0 Å². The normalized spacial score (nSPS) is 20.2. The van der Waals surface area contributed by atoms with Gasteiger partial charge in [-0.15, -0.1) is 0 Å². The summed E-state index contributed by atoms with van der Waals surface area (Å²) in [6, 6.07) is 7.89. The fraction of sp³-hybridized carbons (Fsp3) is 0.630. The molecule has 2 aliphatic rings. The highest BCUT2D eigenvalue weighted by atomic mass is 19.4. The summed E-state index contributed by atoms with van der Waals surface area (Å²) < 4.78 is 31.7. The van der Waals surface area contributed by atoms with Crippen LogP contribution in [-0.2, 0) is 14.4 Å². The van der Waals surface area contributed by atoms with E-state index in [1.807, 2.05) is 18.2 Å². The Bertz CT molecular complexity index is 973. The minimum Gasteiger partial charge on any atom is -0.480 e. The zero-order valence-electron chi connectivity index (χ0n) is 22.3. The standard InChI is InChI=1S/C25H38N4O4.C2HF3O2/c26-14-8-7-13-20(24(31)32)28-25(33)29-22(15-17-9-3-1-4-10-17)23(30)27-21-16-19(21)18-11-5-2-6-12-18;3-2(4,5)1(6)7/h2,5-6,11-12,17,19-22H,1,3-4,7-10,13-16,26H2,(H,27,30)(H,31,32)(H2,28,29,33);(H,6,7)/t19?,20-,21+,22+;/m0./s1. The fourth-order valence-electron chi connectivity index (χ4n) is 4.80. The molecule has 0 aliphatic heterocycles. The molecule has 2 saturated carbocycles. The number of carboxylic acids is 2. The van der Waals surface area contributed by atoms with Gasteiger partial charge < -0.3 is 31.9 Å². The van der Waals surface area contributed by atoms with Crippen molar-refractivity contribution >= 4 is 23.9 Å². The summed E-state index contributed by atoms with van der Waals surface area (Å²) in [4.78, 5) is 46.2. The molecule has 224 valence electrons. The number of urea groups is 1. The van der Waals surface area contributed by atoms with E-state index in [9.17, 15) is 32.7 Å². The van der Waals surface area contributed by atoms with Crippen LogP contribution in [0.3, 0.4) is 0 Å². The van der Waals surface area contributed by atoms with Crippen molar-refractivity contribution in [3.05, 3.63) is 35.9 Å². The minimum atomic E-state index is -5.08. The largest absolute Gasteiger partial charge is 0.490 e. The highest BCUT2D eigenvalue weighted by Crippen LogP contribution is 2.40. The summed E-state index contributed by atoms with van der Waals surface area (Å²) in [5.74, 6) is -3.34. The molecule has 0 heterocycles. The third-order valence-corrected chi connectivity index (χ3v) is 7.05. The quantitative estimate of drug-likeness (QED) is 0.208. The van der Waals surface area contributed by atoms with Gasteiger partial charge in [0.05, 0.1) is 0 Å². The van der Waals surface area contributed by atoms with Gasteiger partial charge in [0, 0.05) is 12.0 Å². The first-order valence-electron chi connectivity index (χ1n) is 13.6. The number of unbranched alkanes of at least 4 members (excludes halogenated alkanes) is 1. The smallest absolute Gasteiger partial charge is 0.480 e. The van der Waals surface area contributed by atoms with Crippen LogP contribution in [0.2, 0.25) is 0 Å². The van der Waals surface area contributed by atoms with Crippen molar-refractivity contribution in [2.75, 3.05) is 6.54 Å². The SMILES string of the molecule is NCCCC[C@H](NC(=O)N[C@H](CC1CCCCC1)C(=O)N[C@@H]1CC1c1ccccc1)C(=O)O.O=C(O)C(F)(F)F. The monoisotopic (exact) mass is 572 g/mol. The molecule has 1 aromatic rings. The number of hydrogen-bond donors (Lipinski definition) is 6. The van der Waals surface area contributed by atoms with Gasteiger partial charge in [0.2, 0.25) is 5.91 Å². The maximum atomic E-state index is 13.1. The first-order chi connectivity index (χ1) is 18.9. The lowest BCUT2D eigenvalue weighted by molar-refractivity contribution is -0.192. The molecule has 3 rings (SSSR count). The summed E-state index contributed by atoms with van der Waals surface area (Å²) in [7, 11) is 0. The van der Waals surface area contributed by atoms with Crippen molar-refractivity contribution in [1.82, 2.24) is 16.0 Å². The summed E-state index contributed by atoms with van der Waals surface area (Å²) in [5.41, 5.74) is 6.69. The molecular weight excluding hydrogens is 533 g/mol. The van der Waals surface area contributed by atoms with Crippen molar-refractivity contribution in [3.8, 4) is 0 Å². The van der Waals surface area contributed by atoms with Gasteiger partial charge in [0.15, 0.2) is 0 Å². The number of nitrogens with one attached hydrogen (secondary N) is 3. The molecule has 1 unspecified atom stereocenters. The van der Waals surface area contributed by atoms with Crippen molar-refractivity contribution in [1.29, 1.82) is 0 Å². The van der Waals surface area contributed by atoms with Crippen molar-refractivity contribution < 1.29 is 42.6 Å². The molecule has 40 heavy (non-hydrogen) atoms. The lowest BCUT2D eigenvalue weighted by Gasteiger charge is -2.27. The molecule has 13 heteroatoms. The van der Waals surface area contributed by atoms with Crippen LogP contribution in [0.15, 0.2) is 30.3 Å². The van der Waals surface area contributed by atoms with Crippen LogP contribution in [-0.4, -0.2) is 64.9 Å². The van der Waals surface area contributed by atoms with Crippen LogP contribution in [0.4, 0.5) is 18.0 Å². The third kappa shape index (κ3) is 11.8. The fourth-order valence-corrected chi connectivity index (χ4v) is 4.80. The number of nitrogens with two attached hydrogens (primary N) is 1. The summed E-state index contributed by atoms with van der Waals surface area (Å²) in [6.45, 7) is 0.479. The van der Waals surface area contributed by atoms with Crippen LogP contribution in [0, 0.1) is 5.92 Å². The zero-order valence-corrected chi connectivity index (χ0v) is 22.3. The predicted octanol–water partition coefficient (Wildman–Crippen LogP) is 3.51. The number of carbonyl (C=O) groups is 4. The van der Waals surface area contributed by atoms with Gasteiger partial charge >= 0.3 is 24.1 Å². The van der Waals surface area contributed by atoms with Crippen molar-refractivity contribution in [3.63, 3.8) is 0 Å². The molecule has 3 amide bonds. The number of rotatable bonds is 12. The third-order valence-electron chi connectivity index (χ3n) is 7.05. The topological polar surface area (TPSA) is 171 Å². The van der Waals surface area contributed by atoms with Crippen LogP contribution >= 0.6 is 0 Å². The number of amides is 3. The molecule has 2 aliphatic carbocycles. The number of carbonyl (C=O) groups excluding carboxylic acids is 2. The number of halogens is 3. The van der Waals surface area contributed by atoms with E-state index in [0.717, 1.165) is 32.1 Å². The Morgan fingerprint density at radius 1 is 0.950 bits per heavy atom. The molecule has 10 nitrogen and oxygen atoms in total. The predicted molar refractivity (Wildman–Crippen MR) is 140 cm³/mol. The zero-order chi connectivity index (χ0) is 29.7. The average Bonchev–Trinajstić information content (AvgIpc) is 3.67. The van der Waals surface area contributed by atoms with E-state index in [4.69, 9.17) is 15.6 Å². The van der Waals surface area contributed by atoms with E-state index in [2.05, 4.69) is 28.1 Å². The van der Waals surface area contributed by atoms with Gasteiger partial charge in [-0.1, -0.05) is 62.4 Å². The molecule has 7 N–H and O–H groups in total. The van der Waals surface area contributed by atoms with E-state index >= 15 is 0 Å². The first kappa shape index (κ1) is 32.9. The Balaban J connectivity index is 0.000000708. The van der Waals surface area contributed by atoms with Gasteiger partial charge in [0.1, 0.15) is 12.1 Å². The van der Waals surface area contributed by atoms with E-state index < -0.39 is 36.2 Å².